The maximum absolute atomic E-state index is 4.56. The van der Waals surface area contributed by atoms with Crippen LogP contribution in [0.2, 0.25) is 0 Å². The first-order chi connectivity index (χ1) is 11.6. The third kappa shape index (κ3) is 3.59. The van der Waals surface area contributed by atoms with Gasteiger partial charge in [0.25, 0.3) is 0 Å². The van der Waals surface area contributed by atoms with E-state index < -0.39 is 0 Å². The van der Waals surface area contributed by atoms with Gasteiger partial charge in [0.15, 0.2) is 0 Å². The molecule has 6 nitrogen and oxygen atoms in total. The average molecular weight is 328 g/mol. The van der Waals surface area contributed by atoms with Crippen LogP contribution in [0.4, 0.5) is 5.95 Å². The number of aromatic nitrogens is 4. The summed E-state index contributed by atoms with van der Waals surface area (Å²) >= 11 is 0. The summed E-state index contributed by atoms with van der Waals surface area (Å²) in [6.45, 7) is 7.45. The van der Waals surface area contributed by atoms with Crippen LogP contribution < -0.4 is 4.90 Å². The number of likely N-dealkylation sites (tertiary alicyclic amines) is 1. The summed E-state index contributed by atoms with van der Waals surface area (Å²) in [5.41, 5.74) is 2.33. The number of piperidine rings is 1. The minimum Gasteiger partial charge on any atom is -0.344 e. The zero-order valence-corrected chi connectivity index (χ0v) is 15.2. The smallest absolute Gasteiger partial charge is 0.225 e. The predicted octanol–water partition coefficient (Wildman–Crippen LogP) is 2.43. The van der Waals surface area contributed by atoms with Gasteiger partial charge in [-0.3, -0.25) is 9.58 Å². The Morgan fingerprint density at radius 2 is 2.21 bits per heavy atom. The zero-order chi connectivity index (χ0) is 17.1. The van der Waals surface area contributed by atoms with Crippen molar-refractivity contribution in [2.75, 3.05) is 31.6 Å². The molecule has 1 fully saturated rings. The number of rotatable bonds is 5. The fourth-order valence-corrected chi connectivity index (χ4v) is 3.83. The van der Waals surface area contributed by atoms with Gasteiger partial charge in [0, 0.05) is 50.3 Å². The van der Waals surface area contributed by atoms with Crippen molar-refractivity contribution in [2.24, 2.45) is 13.0 Å². The van der Waals surface area contributed by atoms with E-state index in [9.17, 15) is 0 Å². The van der Waals surface area contributed by atoms with E-state index in [4.69, 9.17) is 0 Å². The van der Waals surface area contributed by atoms with E-state index >= 15 is 0 Å². The Balaban J connectivity index is 1.81. The van der Waals surface area contributed by atoms with Gasteiger partial charge in [-0.15, -0.1) is 0 Å². The second-order valence-electron chi connectivity index (χ2n) is 6.80. The van der Waals surface area contributed by atoms with E-state index in [1.165, 1.54) is 18.4 Å². The van der Waals surface area contributed by atoms with Gasteiger partial charge < -0.3 is 4.90 Å². The summed E-state index contributed by atoms with van der Waals surface area (Å²) < 4.78 is 1.90. The highest BCUT2D eigenvalue weighted by Crippen LogP contribution is 2.36. The standard InChI is InChI=1S/C18H28N6/c1-5-24-10-6-7-15(17(24)16-11-20-23(4)13-16)12-22(3)18-19-9-8-14(2)21-18/h8-9,11,13,15,17H,5-7,10,12H2,1-4H3/t15-,17+/m0/s1. The molecule has 24 heavy (non-hydrogen) atoms. The fourth-order valence-electron chi connectivity index (χ4n) is 3.83. The molecule has 0 N–H and O–H groups in total. The summed E-state index contributed by atoms with van der Waals surface area (Å²) in [4.78, 5) is 13.8. The van der Waals surface area contributed by atoms with E-state index in [1.54, 1.807) is 0 Å². The normalized spacial score (nSPS) is 21.8. The van der Waals surface area contributed by atoms with Crippen molar-refractivity contribution in [1.82, 2.24) is 24.6 Å². The van der Waals surface area contributed by atoms with Crippen molar-refractivity contribution in [3.63, 3.8) is 0 Å². The molecule has 2 aromatic rings. The zero-order valence-electron chi connectivity index (χ0n) is 15.2. The van der Waals surface area contributed by atoms with Crippen LogP contribution in [0.25, 0.3) is 0 Å². The number of anilines is 1. The molecule has 2 aromatic heterocycles. The van der Waals surface area contributed by atoms with Crippen LogP contribution in [0.15, 0.2) is 24.7 Å². The lowest BCUT2D eigenvalue weighted by Crippen LogP contribution is -2.43. The van der Waals surface area contributed by atoms with Crippen LogP contribution in [0.1, 0.15) is 37.1 Å². The van der Waals surface area contributed by atoms with Gasteiger partial charge in [-0.1, -0.05) is 6.92 Å². The van der Waals surface area contributed by atoms with Crippen LogP contribution >= 0.6 is 0 Å². The van der Waals surface area contributed by atoms with Crippen LogP contribution in [0.5, 0.6) is 0 Å². The maximum atomic E-state index is 4.56. The quantitative estimate of drug-likeness (QED) is 0.844. The van der Waals surface area contributed by atoms with E-state index in [-0.39, 0.29) is 0 Å². The van der Waals surface area contributed by atoms with Gasteiger partial charge in [-0.05, 0) is 44.8 Å². The molecule has 0 spiro atoms. The molecule has 3 heterocycles. The third-order valence-electron chi connectivity index (χ3n) is 4.96. The molecule has 6 heteroatoms. The first-order valence-corrected chi connectivity index (χ1v) is 8.82. The van der Waals surface area contributed by atoms with Crippen molar-refractivity contribution in [3.8, 4) is 0 Å². The predicted molar refractivity (Wildman–Crippen MR) is 96.0 cm³/mol. The summed E-state index contributed by atoms with van der Waals surface area (Å²) in [6, 6.07) is 2.36. The third-order valence-corrected chi connectivity index (χ3v) is 4.96. The molecule has 0 aliphatic carbocycles. The Kier molecular flexibility index (Phi) is 5.14. The molecule has 0 unspecified atom stereocenters. The number of hydrogen-bond acceptors (Lipinski definition) is 5. The van der Waals surface area contributed by atoms with Gasteiger partial charge in [-0.2, -0.15) is 5.10 Å². The highest BCUT2D eigenvalue weighted by molar-refractivity contribution is 5.29. The first-order valence-electron chi connectivity index (χ1n) is 8.82. The summed E-state index contributed by atoms with van der Waals surface area (Å²) in [5.74, 6) is 1.37. The van der Waals surface area contributed by atoms with Gasteiger partial charge in [0.05, 0.1) is 6.20 Å². The number of hydrogen-bond donors (Lipinski definition) is 0. The highest BCUT2D eigenvalue weighted by Gasteiger charge is 2.33. The lowest BCUT2D eigenvalue weighted by atomic mass is 9.85. The molecule has 0 saturated carbocycles. The second kappa shape index (κ2) is 7.30. The van der Waals surface area contributed by atoms with Gasteiger partial charge in [0.2, 0.25) is 5.95 Å². The van der Waals surface area contributed by atoms with Crippen molar-refractivity contribution in [1.29, 1.82) is 0 Å². The van der Waals surface area contributed by atoms with Crippen molar-refractivity contribution in [2.45, 2.75) is 32.7 Å². The van der Waals surface area contributed by atoms with Crippen LogP contribution in [0.3, 0.4) is 0 Å². The monoisotopic (exact) mass is 328 g/mol. The highest BCUT2D eigenvalue weighted by atomic mass is 15.3. The van der Waals surface area contributed by atoms with Crippen molar-refractivity contribution >= 4 is 5.95 Å². The average Bonchev–Trinajstić information content (AvgIpc) is 3.00. The summed E-state index contributed by atoms with van der Waals surface area (Å²) in [6.07, 6.45) is 8.50. The van der Waals surface area contributed by atoms with E-state index in [2.05, 4.69) is 45.0 Å². The fraction of sp³-hybridized carbons (Fsp3) is 0.611. The number of nitrogens with zero attached hydrogens (tertiary/aromatic N) is 6. The van der Waals surface area contributed by atoms with Gasteiger partial charge >= 0.3 is 0 Å². The summed E-state index contributed by atoms with van der Waals surface area (Å²) in [7, 11) is 4.09. The Bertz CT molecular complexity index is 667. The molecule has 0 bridgehead atoms. The minimum absolute atomic E-state index is 0.421. The Morgan fingerprint density at radius 1 is 1.38 bits per heavy atom. The Hall–Kier alpha value is -1.95. The maximum Gasteiger partial charge on any atom is 0.225 e. The minimum atomic E-state index is 0.421. The molecule has 3 rings (SSSR count). The molecule has 1 aliphatic rings. The van der Waals surface area contributed by atoms with Gasteiger partial charge in [0.1, 0.15) is 0 Å². The van der Waals surface area contributed by atoms with Crippen molar-refractivity contribution in [3.05, 3.63) is 35.9 Å². The van der Waals surface area contributed by atoms with Crippen LogP contribution in [-0.2, 0) is 7.05 Å². The number of aryl methyl sites for hydroxylation is 2. The van der Waals surface area contributed by atoms with E-state index in [0.29, 0.717) is 12.0 Å². The van der Waals surface area contributed by atoms with Crippen molar-refractivity contribution < 1.29 is 0 Å². The van der Waals surface area contributed by atoms with Gasteiger partial charge in [-0.25, -0.2) is 9.97 Å². The molecule has 0 radical (unpaired) electrons. The van der Waals surface area contributed by atoms with E-state index in [1.807, 2.05) is 37.1 Å². The lowest BCUT2D eigenvalue weighted by molar-refractivity contribution is 0.101. The molecule has 2 atom stereocenters. The summed E-state index contributed by atoms with van der Waals surface area (Å²) in [5, 5.41) is 4.40. The Labute approximate surface area is 144 Å². The molecule has 1 aliphatic heterocycles. The molecular formula is C18H28N6. The topological polar surface area (TPSA) is 50.1 Å². The van der Waals surface area contributed by atoms with E-state index in [0.717, 1.165) is 31.3 Å². The molecule has 0 amide bonds. The van der Waals surface area contributed by atoms with Crippen LogP contribution in [-0.4, -0.2) is 51.3 Å². The largest absolute Gasteiger partial charge is 0.344 e. The lowest BCUT2D eigenvalue weighted by Gasteiger charge is -2.42. The Morgan fingerprint density at radius 3 is 2.88 bits per heavy atom. The molecule has 0 aromatic carbocycles. The molecule has 130 valence electrons. The molecule has 1 saturated heterocycles. The SMILES string of the molecule is CCN1CCC[C@@H](CN(C)c2nccc(C)n2)[C@@H]1c1cnn(C)c1. The second-order valence-corrected chi connectivity index (χ2v) is 6.80. The van der Waals surface area contributed by atoms with Crippen LogP contribution in [0, 0.1) is 12.8 Å². The first kappa shape index (κ1) is 16.9. The molecular weight excluding hydrogens is 300 g/mol.